The molecule has 1 aliphatic rings. The Bertz CT molecular complexity index is 431. The van der Waals surface area contributed by atoms with E-state index >= 15 is 0 Å². The van der Waals surface area contributed by atoms with Crippen molar-refractivity contribution in [2.24, 2.45) is 10.7 Å². The Kier molecular flexibility index (Phi) is 4.07. The molecule has 0 bridgehead atoms. The average molecular weight is 247 g/mol. The monoisotopic (exact) mass is 247 g/mol. The molecule has 1 unspecified atom stereocenters. The molecule has 0 aliphatic carbocycles. The molecule has 0 saturated heterocycles. The van der Waals surface area contributed by atoms with Gasteiger partial charge >= 0.3 is 0 Å². The normalized spacial score (nSPS) is 18.3. The fraction of sp³-hybridized carbons (Fsp3) is 0.500. The summed E-state index contributed by atoms with van der Waals surface area (Å²) in [5.74, 6) is 0. The van der Waals surface area contributed by atoms with Gasteiger partial charge in [0.15, 0.2) is 0 Å². The summed E-state index contributed by atoms with van der Waals surface area (Å²) < 4.78 is 5.19. The second kappa shape index (κ2) is 5.76. The Hall–Kier alpha value is -1.71. The summed E-state index contributed by atoms with van der Waals surface area (Å²) in [6, 6.07) is 9.12. The van der Waals surface area contributed by atoms with E-state index in [0.717, 1.165) is 19.5 Å². The van der Waals surface area contributed by atoms with Crippen molar-refractivity contribution in [3.63, 3.8) is 0 Å². The van der Waals surface area contributed by atoms with Gasteiger partial charge in [-0.2, -0.15) is 0 Å². The summed E-state index contributed by atoms with van der Waals surface area (Å²) in [7, 11) is 0. The van der Waals surface area contributed by atoms with Gasteiger partial charge in [0, 0.05) is 18.8 Å². The maximum atomic E-state index is 5.54. The predicted octanol–water partition coefficient (Wildman–Crippen LogP) is 1.79. The lowest BCUT2D eigenvalue weighted by Gasteiger charge is -2.25. The number of benzene rings is 1. The molecule has 4 nitrogen and oxygen atoms in total. The van der Waals surface area contributed by atoms with Crippen LogP contribution in [0, 0.1) is 0 Å². The minimum atomic E-state index is 0.148. The van der Waals surface area contributed by atoms with Crippen LogP contribution in [0.3, 0.4) is 0 Å². The molecule has 2 N–H and O–H groups in total. The minimum Gasteiger partial charge on any atom is -0.463 e. The van der Waals surface area contributed by atoms with E-state index in [4.69, 9.17) is 10.5 Å². The molecule has 1 aromatic carbocycles. The smallest absolute Gasteiger partial charge is 0.282 e. The molecule has 98 valence electrons. The number of rotatable bonds is 5. The molecule has 1 heterocycles. The van der Waals surface area contributed by atoms with Crippen LogP contribution in [0.25, 0.3) is 0 Å². The second-order valence-electron chi connectivity index (χ2n) is 4.49. The molecule has 1 atom stereocenters. The zero-order chi connectivity index (χ0) is 13.0. The van der Waals surface area contributed by atoms with Gasteiger partial charge in [-0.25, -0.2) is 4.99 Å². The maximum absolute atomic E-state index is 5.54. The van der Waals surface area contributed by atoms with Crippen LogP contribution < -0.4 is 10.6 Å². The zero-order valence-electron chi connectivity index (χ0n) is 11.1. The Morgan fingerprint density at radius 2 is 2.28 bits per heavy atom. The number of aryl methyl sites for hydroxylation is 1. The first-order valence-corrected chi connectivity index (χ1v) is 6.52. The minimum absolute atomic E-state index is 0.148. The number of amidine groups is 1. The maximum Gasteiger partial charge on any atom is 0.282 e. The van der Waals surface area contributed by atoms with Crippen molar-refractivity contribution in [1.82, 2.24) is 0 Å². The van der Waals surface area contributed by atoms with Crippen molar-refractivity contribution in [3.05, 3.63) is 29.8 Å². The fourth-order valence-corrected chi connectivity index (χ4v) is 2.17. The molecule has 0 fully saturated rings. The largest absolute Gasteiger partial charge is 0.463 e. The summed E-state index contributed by atoms with van der Waals surface area (Å²) >= 11 is 0. The van der Waals surface area contributed by atoms with E-state index in [-0.39, 0.29) is 6.04 Å². The van der Waals surface area contributed by atoms with Crippen LogP contribution in [0.15, 0.2) is 29.3 Å². The van der Waals surface area contributed by atoms with Gasteiger partial charge in [0.25, 0.3) is 6.02 Å². The third kappa shape index (κ3) is 2.94. The van der Waals surface area contributed by atoms with Crippen molar-refractivity contribution in [2.75, 3.05) is 24.6 Å². The van der Waals surface area contributed by atoms with Crippen LogP contribution in [-0.2, 0) is 11.2 Å². The quantitative estimate of drug-likeness (QED) is 0.863. The summed E-state index contributed by atoms with van der Waals surface area (Å²) in [6.45, 7) is 6.73. The van der Waals surface area contributed by atoms with Crippen molar-refractivity contribution in [2.45, 2.75) is 26.3 Å². The lowest BCUT2D eigenvalue weighted by Crippen LogP contribution is -2.32. The van der Waals surface area contributed by atoms with Gasteiger partial charge in [0.1, 0.15) is 12.6 Å². The van der Waals surface area contributed by atoms with Gasteiger partial charge in [-0.05, 0) is 31.0 Å². The number of nitrogens with two attached hydrogens (primary N) is 1. The first-order valence-electron chi connectivity index (χ1n) is 6.52. The number of likely N-dealkylation sites (N-methyl/N-ethyl adjacent to an activating group) is 1. The number of hydrogen-bond acceptors (Lipinski definition) is 4. The molecule has 0 radical (unpaired) electrons. The SMILES string of the molecule is CCc1cccc(N(CC)CC2COC(N)=N2)c1. The highest BCUT2D eigenvalue weighted by molar-refractivity contribution is 5.73. The molecular formula is C14H21N3O. The molecule has 0 amide bonds. The third-order valence-corrected chi connectivity index (χ3v) is 3.23. The Balaban J connectivity index is 2.07. The standard InChI is InChI=1S/C14H21N3O/c1-3-11-6-5-7-13(8-11)17(4-2)9-12-10-18-14(15)16-12/h5-8,12H,3-4,9-10H2,1-2H3,(H2,15,16). The number of nitrogens with zero attached hydrogens (tertiary/aromatic N) is 2. The molecule has 2 rings (SSSR count). The Labute approximate surface area is 108 Å². The highest BCUT2D eigenvalue weighted by Crippen LogP contribution is 2.18. The molecule has 4 heteroatoms. The van der Waals surface area contributed by atoms with Gasteiger partial charge in [0.05, 0.1) is 0 Å². The zero-order valence-corrected chi connectivity index (χ0v) is 11.1. The van der Waals surface area contributed by atoms with Gasteiger partial charge in [-0.15, -0.1) is 0 Å². The number of aliphatic imine (C=N–C) groups is 1. The van der Waals surface area contributed by atoms with Crippen molar-refractivity contribution in [1.29, 1.82) is 0 Å². The van der Waals surface area contributed by atoms with Gasteiger partial charge in [-0.1, -0.05) is 19.1 Å². The molecule has 1 aliphatic heterocycles. The molecule has 0 spiro atoms. The van der Waals surface area contributed by atoms with E-state index in [0.29, 0.717) is 12.6 Å². The molecule has 18 heavy (non-hydrogen) atoms. The third-order valence-electron chi connectivity index (χ3n) is 3.23. The number of ether oxygens (including phenoxy) is 1. The summed E-state index contributed by atoms with van der Waals surface area (Å²) in [6.07, 6.45) is 1.06. The van der Waals surface area contributed by atoms with E-state index in [9.17, 15) is 0 Å². The number of hydrogen-bond donors (Lipinski definition) is 1. The second-order valence-corrected chi connectivity index (χ2v) is 4.49. The van der Waals surface area contributed by atoms with Crippen LogP contribution >= 0.6 is 0 Å². The summed E-state index contributed by atoms with van der Waals surface area (Å²) in [4.78, 5) is 6.59. The van der Waals surface area contributed by atoms with Crippen molar-refractivity contribution in [3.8, 4) is 0 Å². The van der Waals surface area contributed by atoms with Gasteiger partial charge < -0.3 is 15.4 Å². The number of anilines is 1. The molecule has 0 saturated carbocycles. The first-order chi connectivity index (χ1) is 8.72. The van der Waals surface area contributed by atoms with Crippen LogP contribution in [0.2, 0.25) is 0 Å². The first kappa shape index (κ1) is 12.7. The highest BCUT2D eigenvalue weighted by Gasteiger charge is 2.19. The van der Waals surface area contributed by atoms with E-state index in [2.05, 4.69) is 48.0 Å². The predicted molar refractivity (Wildman–Crippen MR) is 75.1 cm³/mol. The Morgan fingerprint density at radius 3 is 2.89 bits per heavy atom. The van der Waals surface area contributed by atoms with E-state index in [1.807, 2.05) is 0 Å². The highest BCUT2D eigenvalue weighted by atomic mass is 16.5. The van der Waals surface area contributed by atoms with Crippen molar-refractivity contribution >= 4 is 11.7 Å². The van der Waals surface area contributed by atoms with Crippen molar-refractivity contribution < 1.29 is 4.74 Å². The summed E-state index contributed by atoms with van der Waals surface area (Å²) in [5, 5.41) is 0. The molecule has 1 aromatic rings. The van der Waals surface area contributed by atoms with E-state index in [1.54, 1.807) is 0 Å². The molecule has 0 aromatic heterocycles. The molecular weight excluding hydrogens is 226 g/mol. The van der Waals surface area contributed by atoms with E-state index < -0.39 is 0 Å². The van der Waals surface area contributed by atoms with Crippen LogP contribution in [0.4, 0.5) is 5.69 Å². The Morgan fingerprint density at radius 1 is 1.44 bits per heavy atom. The lowest BCUT2D eigenvalue weighted by molar-refractivity contribution is 0.313. The van der Waals surface area contributed by atoms with Gasteiger partial charge in [-0.3, -0.25) is 0 Å². The van der Waals surface area contributed by atoms with Gasteiger partial charge in [0.2, 0.25) is 0 Å². The fourth-order valence-electron chi connectivity index (χ4n) is 2.17. The average Bonchev–Trinajstić information content (AvgIpc) is 2.81. The van der Waals surface area contributed by atoms with Crippen LogP contribution in [-0.4, -0.2) is 31.8 Å². The topological polar surface area (TPSA) is 50.9 Å². The van der Waals surface area contributed by atoms with Crippen LogP contribution in [0.1, 0.15) is 19.4 Å². The van der Waals surface area contributed by atoms with E-state index in [1.165, 1.54) is 11.3 Å². The lowest BCUT2D eigenvalue weighted by atomic mass is 10.1. The summed E-state index contributed by atoms with van der Waals surface area (Å²) in [5.41, 5.74) is 8.14. The van der Waals surface area contributed by atoms with Crippen LogP contribution in [0.5, 0.6) is 0 Å².